The number of hydrogen-bond donors (Lipinski definition) is 2. The van der Waals surface area contributed by atoms with Crippen LogP contribution in [0, 0.1) is 0 Å². The molecule has 8 nitrogen and oxygen atoms in total. The van der Waals surface area contributed by atoms with Gasteiger partial charge in [0.1, 0.15) is 13.2 Å². The van der Waals surface area contributed by atoms with E-state index in [9.17, 15) is 19.4 Å². The van der Waals surface area contributed by atoms with Crippen LogP contribution in [0.25, 0.3) is 0 Å². The van der Waals surface area contributed by atoms with Crippen LogP contribution < -0.4 is 10.2 Å². The third-order valence-electron chi connectivity index (χ3n) is 13.7. The van der Waals surface area contributed by atoms with E-state index < -0.39 is 26.6 Å². The van der Waals surface area contributed by atoms with Crippen LogP contribution in [-0.2, 0) is 18.4 Å². The van der Waals surface area contributed by atoms with Crippen molar-refractivity contribution in [1.29, 1.82) is 0 Å². The minimum atomic E-state index is -4.61. The van der Waals surface area contributed by atoms with Crippen LogP contribution in [0.2, 0.25) is 0 Å². The fourth-order valence-corrected chi connectivity index (χ4v) is 9.59. The first kappa shape index (κ1) is 70.2. The largest absolute Gasteiger partial charge is 0.756 e. The third kappa shape index (κ3) is 55.9. The lowest BCUT2D eigenvalue weighted by Crippen LogP contribution is -2.45. The Balaban J connectivity index is 4.25. The number of phosphoric acid groups is 1. The second-order valence-corrected chi connectivity index (χ2v) is 23.4. The van der Waals surface area contributed by atoms with Crippen LogP contribution in [0.5, 0.6) is 0 Å². The molecule has 0 heterocycles. The van der Waals surface area contributed by atoms with Gasteiger partial charge >= 0.3 is 0 Å². The van der Waals surface area contributed by atoms with Crippen LogP contribution in [0.15, 0.2) is 60.8 Å². The van der Waals surface area contributed by atoms with Crippen molar-refractivity contribution >= 4 is 13.7 Å². The van der Waals surface area contributed by atoms with Gasteiger partial charge in [0.25, 0.3) is 7.82 Å². The van der Waals surface area contributed by atoms with Crippen molar-refractivity contribution in [2.75, 3.05) is 40.9 Å². The molecule has 72 heavy (non-hydrogen) atoms. The molecule has 0 aromatic carbocycles. The number of likely N-dealkylation sites (N-methyl/N-ethyl adjacent to an activating group) is 1. The Labute approximate surface area is 447 Å². The number of nitrogens with zero attached hydrogens (tertiary/aromatic N) is 1. The maximum atomic E-state index is 13.0. The van der Waals surface area contributed by atoms with E-state index in [2.05, 4.69) is 67.8 Å². The summed E-state index contributed by atoms with van der Waals surface area (Å²) in [6.07, 6.45) is 73.1. The molecule has 9 heteroatoms. The maximum absolute atomic E-state index is 13.0. The van der Waals surface area contributed by atoms with Gasteiger partial charge in [-0.25, -0.2) is 0 Å². The minimum Gasteiger partial charge on any atom is -0.756 e. The zero-order valence-corrected chi connectivity index (χ0v) is 49.0. The molecule has 3 unspecified atom stereocenters. The summed E-state index contributed by atoms with van der Waals surface area (Å²) in [6, 6.07) is -0.914. The smallest absolute Gasteiger partial charge is 0.268 e. The zero-order chi connectivity index (χ0) is 52.7. The van der Waals surface area contributed by atoms with Crippen molar-refractivity contribution < 1.29 is 32.9 Å². The normalized spacial score (nSPS) is 14.3. The number of amides is 1. The number of carbonyl (C=O) groups excluding carboxylic acids is 1. The Morgan fingerprint density at radius 2 is 0.819 bits per heavy atom. The predicted molar refractivity (Wildman–Crippen MR) is 311 cm³/mol. The number of aliphatic hydroxyl groups is 1. The maximum Gasteiger partial charge on any atom is 0.268 e. The Morgan fingerprint density at radius 3 is 1.21 bits per heavy atom. The Hall–Kier alpha value is -1.80. The molecule has 0 bridgehead atoms. The van der Waals surface area contributed by atoms with Crippen LogP contribution in [0.4, 0.5) is 0 Å². The Kier molecular flexibility index (Phi) is 52.7. The van der Waals surface area contributed by atoms with E-state index in [-0.39, 0.29) is 12.5 Å². The van der Waals surface area contributed by atoms with E-state index >= 15 is 0 Å². The second-order valence-electron chi connectivity index (χ2n) is 22.0. The van der Waals surface area contributed by atoms with Crippen LogP contribution in [0.3, 0.4) is 0 Å². The Morgan fingerprint density at radius 1 is 0.486 bits per heavy atom. The molecule has 0 saturated carbocycles. The SMILES string of the molecule is CCCCCCC/C=C\C/C=C\CCCCCCCCCCCCCC(=O)NC(COP(=O)([O-])OCC[N+](C)(C)C)C(O)/C=C/CC/C=C/CC/C=C/CCCCCCCCCCCCCCCCCCC. The number of quaternary nitrogens is 1. The molecule has 422 valence electrons. The number of rotatable bonds is 56. The summed E-state index contributed by atoms with van der Waals surface area (Å²) in [5, 5.41) is 13.9. The number of nitrogens with one attached hydrogen (secondary N) is 1. The van der Waals surface area contributed by atoms with Crippen molar-refractivity contribution in [3.8, 4) is 0 Å². The zero-order valence-electron chi connectivity index (χ0n) is 48.1. The molecule has 0 saturated heterocycles. The van der Waals surface area contributed by atoms with Crippen molar-refractivity contribution in [2.45, 2.75) is 296 Å². The molecule has 3 atom stereocenters. The number of unbranched alkanes of at least 4 members (excludes halogenated alkanes) is 35. The van der Waals surface area contributed by atoms with Gasteiger partial charge in [-0.3, -0.25) is 9.36 Å². The molecule has 0 rings (SSSR count). The summed E-state index contributed by atoms with van der Waals surface area (Å²) >= 11 is 0. The van der Waals surface area contributed by atoms with Crippen LogP contribution >= 0.6 is 7.82 Å². The van der Waals surface area contributed by atoms with Gasteiger partial charge in [-0.15, -0.1) is 0 Å². The number of phosphoric ester groups is 1. The third-order valence-corrected chi connectivity index (χ3v) is 14.6. The van der Waals surface area contributed by atoms with Crippen molar-refractivity contribution in [3.63, 3.8) is 0 Å². The van der Waals surface area contributed by atoms with Gasteiger partial charge < -0.3 is 28.8 Å². The van der Waals surface area contributed by atoms with E-state index in [0.29, 0.717) is 17.4 Å². The molecule has 0 aromatic heterocycles. The Bertz CT molecular complexity index is 1360. The number of allylic oxidation sites excluding steroid dienone is 9. The highest BCUT2D eigenvalue weighted by Gasteiger charge is 2.23. The predicted octanol–water partition coefficient (Wildman–Crippen LogP) is 18.2. The first-order chi connectivity index (χ1) is 35.0. The second kappa shape index (κ2) is 54.0. The fourth-order valence-electron chi connectivity index (χ4n) is 8.86. The standard InChI is InChI=1S/C63H119N2O6P/c1-6-8-10-12-14-16-18-20-22-24-26-28-30-31-32-33-35-36-38-40-42-44-46-48-50-52-54-56-62(66)61(60-71-72(68,69)70-59-58-65(3,4)5)64-63(67)57-55-53-51-49-47-45-43-41-39-37-34-29-27-25-23-21-19-17-15-13-11-9-7-2/h19,21,25,27,38,40,46,48,54,56,61-62,66H,6-18,20,22-24,26,28-37,39,41-45,47,49-53,55,57-60H2,1-5H3,(H-,64,67,68,69)/b21-19-,27-25-,40-38+,48-46+,56-54+. The highest BCUT2D eigenvalue weighted by Crippen LogP contribution is 2.38. The van der Waals surface area contributed by atoms with E-state index in [1.807, 2.05) is 27.2 Å². The average molecular weight is 1030 g/mol. The molecule has 0 spiro atoms. The van der Waals surface area contributed by atoms with Gasteiger partial charge in [0.15, 0.2) is 0 Å². The molecule has 0 aliphatic rings. The fraction of sp³-hybridized carbons (Fsp3) is 0.825. The van der Waals surface area contributed by atoms with E-state index in [1.54, 1.807) is 6.08 Å². The van der Waals surface area contributed by atoms with Gasteiger partial charge in [-0.05, 0) is 77.0 Å². The molecule has 0 fully saturated rings. The van der Waals surface area contributed by atoms with Crippen molar-refractivity contribution in [1.82, 2.24) is 5.32 Å². The quantitative estimate of drug-likeness (QED) is 0.0272. The molecule has 0 aliphatic heterocycles. The summed E-state index contributed by atoms with van der Waals surface area (Å²) in [4.78, 5) is 25.5. The van der Waals surface area contributed by atoms with Gasteiger partial charge in [-0.1, -0.05) is 261 Å². The summed E-state index contributed by atoms with van der Waals surface area (Å²) in [5.74, 6) is -0.212. The molecular formula is C63H119N2O6P. The van der Waals surface area contributed by atoms with Crippen LogP contribution in [0.1, 0.15) is 284 Å². The number of aliphatic hydroxyl groups excluding tert-OH is 1. The molecule has 1 amide bonds. The molecular weight excluding hydrogens is 912 g/mol. The number of carbonyl (C=O) groups is 1. The topological polar surface area (TPSA) is 108 Å². The highest BCUT2D eigenvalue weighted by molar-refractivity contribution is 7.45. The first-order valence-electron chi connectivity index (χ1n) is 30.7. The summed E-state index contributed by atoms with van der Waals surface area (Å²) in [5.41, 5.74) is 0. The lowest BCUT2D eigenvalue weighted by atomic mass is 10.0. The molecule has 0 aliphatic carbocycles. The first-order valence-corrected chi connectivity index (χ1v) is 32.1. The van der Waals surface area contributed by atoms with Gasteiger partial charge in [0, 0.05) is 6.42 Å². The van der Waals surface area contributed by atoms with E-state index in [0.717, 1.165) is 51.4 Å². The van der Waals surface area contributed by atoms with E-state index in [1.165, 1.54) is 212 Å². The molecule has 0 aromatic rings. The summed E-state index contributed by atoms with van der Waals surface area (Å²) in [7, 11) is 1.24. The summed E-state index contributed by atoms with van der Waals surface area (Å²) < 4.78 is 23.4. The summed E-state index contributed by atoms with van der Waals surface area (Å²) in [6.45, 7) is 4.64. The van der Waals surface area contributed by atoms with Gasteiger partial charge in [0.2, 0.25) is 5.91 Å². The monoisotopic (exact) mass is 1030 g/mol. The molecule has 2 N–H and O–H groups in total. The van der Waals surface area contributed by atoms with Crippen LogP contribution in [-0.4, -0.2) is 68.5 Å². The lowest BCUT2D eigenvalue weighted by Gasteiger charge is -2.29. The van der Waals surface area contributed by atoms with Gasteiger partial charge in [0.05, 0.1) is 39.9 Å². The minimum absolute atomic E-state index is 0.0107. The number of hydrogen-bond acceptors (Lipinski definition) is 6. The van der Waals surface area contributed by atoms with Crippen molar-refractivity contribution in [2.24, 2.45) is 0 Å². The van der Waals surface area contributed by atoms with Gasteiger partial charge in [-0.2, -0.15) is 0 Å². The van der Waals surface area contributed by atoms with E-state index in [4.69, 9.17) is 9.05 Å². The highest BCUT2D eigenvalue weighted by atomic mass is 31.2. The average Bonchev–Trinajstić information content (AvgIpc) is 3.34. The lowest BCUT2D eigenvalue weighted by molar-refractivity contribution is -0.870. The van der Waals surface area contributed by atoms with Crippen molar-refractivity contribution in [3.05, 3.63) is 60.8 Å². The molecule has 0 radical (unpaired) electrons.